The highest BCUT2D eigenvalue weighted by Gasteiger charge is 2.50. The Morgan fingerprint density at radius 1 is 0.613 bits per heavy atom. The third-order valence-corrected chi connectivity index (χ3v) is 10.3. The average molecular weight is 490 g/mol. The highest BCUT2D eigenvalue weighted by atomic mass is 35.5. The fourth-order valence-electron chi connectivity index (χ4n) is 3.79. The van der Waals surface area contributed by atoms with E-state index in [-0.39, 0.29) is 5.82 Å². The molecule has 0 aliphatic carbocycles. The number of hydrogen-bond acceptors (Lipinski definition) is 1. The van der Waals surface area contributed by atoms with E-state index in [1.54, 1.807) is 12.1 Å². The van der Waals surface area contributed by atoms with Crippen molar-refractivity contribution in [3.8, 4) is 0 Å². The Hall–Kier alpha value is -2.09. The van der Waals surface area contributed by atoms with Crippen molar-refractivity contribution in [2.75, 3.05) is 11.7 Å². The minimum absolute atomic E-state index is 0.286. The van der Waals surface area contributed by atoms with E-state index < -0.39 is 7.41 Å². The number of rotatable bonds is 5. The average Bonchev–Trinajstić information content (AvgIpc) is 2.77. The third kappa shape index (κ3) is 4.31. The molecule has 0 aliphatic rings. The fourth-order valence-corrected chi connectivity index (χ4v) is 8.31. The van der Waals surface area contributed by atoms with Gasteiger partial charge in [0.15, 0.2) is 0 Å². The maximum atomic E-state index is 14.2. The van der Waals surface area contributed by atoms with Crippen LogP contribution in [0.15, 0.2) is 97.1 Å². The standard InChI is InChI=1S/C25H19Cl3FNP/c1-30(22-4-2-3-21(29)17-22)31(23-11-5-18(26)6-12-23,24-13-7-19(27)8-14-24)25-15-9-20(28)10-16-25/h2-17H,1H3/q+1. The highest BCUT2D eigenvalue weighted by Crippen LogP contribution is 2.59. The van der Waals surface area contributed by atoms with Crippen molar-refractivity contribution in [2.24, 2.45) is 0 Å². The lowest BCUT2D eigenvalue weighted by Crippen LogP contribution is -2.41. The summed E-state index contributed by atoms with van der Waals surface area (Å²) in [5, 5.41) is 5.20. The van der Waals surface area contributed by atoms with Crippen molar-refractivity contribution in [1.82, 2.24) is 0 Å². The summed E-state index contributed by atoms with van der Waals surface area (Å²) in [5.41, 5.74) is 0.771. The summed E-state index contributed by atoms with van der Waals surface area (Å²) in [4.78, 5) is 0. The zero-order valence-electron chi connectivity index (χ0n) is 16.6. The molecule has 1 nitrogen and oxygen atoms in total. The van der Waals surface area contributed by atoms with Gasteiger partial charge in [-0.05, 0) is 84.9 Å². The molecule has 4 aromatic rings. The molecule has 0 saturated carbocycles. The molecule has 0 spiro atoms. The third-order valence-electron chi connectivity index (χ3n) is 5.23. The molecule has 0 atom stereocenters. The normalized spacial score (nSPS) is 11.4. The molecule has 6 heteroatoms. The molecule has 0 fully saturated rings. The minimum Gasteiger partial charge on any atom is -0.237 e. The van der Waals surface area contributed by atoms with E-state index in [0.29, 0.717) is 15.1 Å². The zero-order valence-corrected chi connectivity index (χ0v) is 19.8. The summed E-state index contributed by atoms with van der Waals surface area (Å²) in [5.74, 6) is -0.286. The van der Waals surface area contributed by atoms with Gasteiger partial charge in [-0.25, -0.2) is 9.06 Å². The van der Waals surface area contributed by atoms with Crippen LogP contribution in [0.2, 0.25) is 15.1 Å². The molecule has 0 aromatic heterocycles. The Morgan fingerprint density at radius 3 is 1.35 bits per heavy atom. The minimum atomic E-state index is -2.45. The summed E-state index contributed by atoms with van der Waals surface area (Å²) in [6.07, 6.45) is 0. The van der Waals surface area contributed by atoms with Gasteiger partial charge in [-0.3, -0.25) is 0 Å². The van der Waals surface area contributed by atoms with Crippen LogP contribution in [0.3, 0.4) is 0 Å². The van der Waals surface area contributed by atoms with Crippen LogP contribution in [0, 0.1) is 5.82 Å². The number of nitrogens with zero attached hydrogens (tertiary/aromatic N) is 1. The van der Waals surface area contributed by atoms with E-state index in [9.17, 15) is 4.39 Å². The van der Waals surface area contributed by atoms with Crippen LogP contribution >= 0.6 is 42.2 Å². The van der Waals surface area contributed by atoms with Gasteiger partial charge in [0.2, 0.25) is 7.41 Å². The van der Waals surface area contributed by atoms with Crippen LogP contribution in [0.1, 0.15) is 0 Å². The number of benzene rings is 4. The smallest absolute Gasteiger partial charge is 0.202 e. The topological polar surface area (TPSA) is 3.24 Å². The second kappa shape index (κ2) is 9.18. The first-order chi connectivity index (χ1) is 14.9. The van der Waals surface area contributed by atoms with E-state index in [1.165, 1.54) is 6.07 Å². The number of halogens is 4. The van der Waals surface area contributed by atoms with Crippen molar-refractivity contribution < 1.29 is 4.39 Å². The van der Waals surface area contributed by atoms with Gasteiger partial charge in [-0.2, -0.15) is 0 Å². The van der Waals surface area contributed by atoms with E-state index in [2.05, 4.69) is 4.67 Å². The monoisotopic (exact) mass is 488 g/mol. The summed E-state index contributed by atoms with van der Waals surface area (Å²) in [7, 11) is -0.454. The first-order valence-corrected chi connectivity index (χ1v) is 12.5. The number of anilines is 1. The number of hydrogen-bond donors (Lipinski definition) is 0. The van der Waals surface area contributed by atoms with E-state index in [1.807, 2.05) is 85.9 Å². The summed E-state index contributed by atoms with van der Waals surface area (Å²) in [6.45, 7) is 0. The predicted octanol–water partition coefficient (Wildman–Crippen LogP) is 7.13. The molecular weight excluding hydrogens is 471 g/mol. The van der Waals surface area contributed by atoms with Gasteiger partial charge in [0.05, 0.1) is 5.69 Å². The van der Waals surface area contributed by atoms with Crippen molar-refractivity contribution in [2.45, 2.75) is 0 Å². The Balaban J connectivity index is 2.08. The quantitative estimate of drug-likeness (QED) is 0.270. The molecule has 4 rings (SSSR count). The van der Waals surface area contributed by atoms with Crippen molar-refractivity contribution >= 4 is 63.8 Å². The van der Waals surface area contributed by atoms with Crippen LogP contribution in [-0.4, -0.2) is 7.05 Å². The lowest BCUT2D eigenvalue weighted by atomic mass is 10.3. The molecule has 0 bridgehead atoms. The predicted molar refractivity (Wildman–Crippen MR) is 135 cm³/mol. The molecule has 0 radical (unpaired) electrons. The van der Waals surface area contributed by atoms with Crippen LogP contribution in [-0.2, 0) is 0 Å². The molecule has 4 aromatic carbocycles. The summed E-state index contributed by atoms with van der Waals surface area (Å²) < 4.78 is 16.4. The molecule has 0 saturated heterocycles. The SMILES string of the molecule is CN(c1cccc(F)c1)[P+](c1ccc(Cl)cc1)(c1ccc(Cl)cc1)c1ccc(Cl)cc1. The second-order valence-electron chi connectivity index (χ2n) is 7.07. The second-order valence-corrected chi connectivity index (χ2v) is 11.8. The lowest BCUT2D eigenvalue weighted by Gasteiger charge is -2.36. The van der Waals surface area contributed by atoms with E-state index >= 15 is 0 Å². The van der Waals surface area contributed by atoms with Gasteiger partial charge >= 0.3 is 0 Å². The molecule has 31 heavy (non-hydrogen) atoms. The molecule has 0 heterocycles. The van der Waals surface area contributed by atoms with Gasteiger partial charge in [0, 0.05) is 28.2 Å². The van der Waals surface area contributed by atoms with Gasteiger partial charge in [-0.15, -0.1) is 0 Å². The van der Waals surface area contributed by atoms with Gasteiger partial charge in [0.1, 0.15) is 21.7 Å². The van der Waals surface area contributed by atoms with Crippen molar-refractivity contribution in [3.05, 3.63) is 118 Å². The van der Waals surface area contributed by atoms with Crippen molar-refractivity contribution in [1.29, 1.82) is 0 Å². The van der Waals surface area contributed by atoms with Crippen LogP contribution in [0.25, 0.3) is 0 Å². The first kappa shape index (κ1) is 22.1. The molecule has 0 aliphatic heterocycles. The maximum absolute atomic E-state index is 14.2. The van der Waals surface area contributed by atoms with Gasteiger partial charge < -0.3 is 0 Å². The van der Waals surface area contributed by atoms with Gasteiger partial charge in [-0.1, -0.05) is 40.9 Å². The van der Waals surface area contributed by atoms with E-state index in [4.69, 9.17) is 34.8 Å². The Morgan fingerprint density at radius 2 is 1.00 bits per heavy atom. The Kier molecular flexibility index (Phi) is 6.55. The molecule has 0 amide bonds. The zero-order chi connectivity index (χ0) is 22.0. The van der Waals surface area contributed by atoms with Gasteiger partial charge in [0.25, 0.3) is 0 Å². The Labute approximate surface area is 197 Å². The Bertz CT molecular complexity index is 1070. The molecule has 0 N–H and O–H groups in total. The highest BCUT2D eigenvalue weighted by molar-refractivity contribution is 7.96. The maximum Gasteiger partial charge on any atom is 0.202 e. The summed E-state index contributed by atoms with van der Waals surface area (Å²) >= 11 is 18.7. The largest absolute Gasteiger partial charge is 0.237 e. The van der Waals surface area contributed by atoms with Crippen LogP contribution in [0.5, 0.6) is 0 Å². The molecule has 0 unspecified atom stereocenters. The lowest BCUT2D eigenvalue weighted by molar-refractivity contribution is 0.628. The molecule has 156 valence electrons. The van der Waals surface area contributed by atoms with E-state index in [0.717, 1.165) is 21.6 Å². The van der Waals surface area contributed by atoms with Crippen LogP contribution < -0.4 is 20.6 Å². The van der Waals surface area contributed by atoms with Crippen LogP contribution in [0.4, 0.5) is 10.1 Å². The summed E-state index contributed by atoms with van der Waals surface area (Å²) in [6, 6.07) is 30.2. The molecular formula is C25H19Cl3FNP+. The fraction of sp³-hybridized carbons (Fsp3) is 0.0400. The first-order valence-electron chi connectivity index (χ1n) is 9.58. The van der Waals surface area contributed by atoms with Crippen molar-refractivity contribution in [3.63, 3.8) is 0 Å².